The van der Waals surface area contributed by atoms with Crippen molar-refractivity contribution < 1.29 is 14.3 Å². The van der Waals surface area contributed by atoms with Gasteiger partial charge in [-0.15, -0.1) is 0 Å². The maximum Gasteiger partial charge on any atom is 0.272 e. The molecule has 1 aromatic carbocycles. The molecule has 140 valence electrons. The highest BCUT2D eigenvalue weighted by atomic mass is 16.7. The van der Waals surface area contributed by atoms with E-state index in [4.69, 9.17) is 9.47 Å². The minimum absolute atomic E-state index is 0.0565. The SMILES string of the molecule is O=C(c1ccnc(N2CCc3ccccc32)n1)N1CCC2(CC1)OCCO2. The third-order valence-corrected chi connectivity index (χ3v) is 5.62. The molecular formula is C20H22N4O3. The minimum Gasteiger partial charge on any atom is -0.347 e. The summed E-state index contributed by atoms with van der Waals surface area (Å²) in [6.45, 7) is 3.34. The van der Waals surface area contributed by atoms with Gasteiger partial charge in [0.25, 0.3) is 5.91 Å². The zero-order valence-electron chi connectivity index (χ0n) is 15.1. The molecule has 0 N–H and O–H groups in total. The summed E-state index contributed by atoms with van der Waals surface area (Å²) in [6, 6.07) is 9.96. The Labute approximate surface area is 157 Å². The average molecular weight is 366 g/mol. The first-order valence-electron chi connectivity index (χ1n) is 9.50. The van der Waals surface area contributed by atoms with E-state index in [0.29, 0.717) is 50.8 Å². The van der Waals surface area contributed by atoms with Gasteiger partial charge in [-0.2, -0.15) is 0 Å². The maximum atomic E-state index is 13.0. The van der Waals surface area contributed by atoms with Gasteiger partial charge in [0.2, 0.25) is 5.95 Å². The van der Waals surface area contributed by atoms with Crippen LogP contribution in [-0.2, 0) is 15.9 Å². The lowest BCUT2D eigenvalue weighted by atomic mass is 10.0. The van der Waals surface area contributed by atoms with Gasteiger partial charge in [0.1, 0.15) is 5.69 Å². The Morgan fingerprint density at radius 2 is 1.81 bits per heavy atom. The second-order valence-electron chi connectivity index (χ2n) is 7.17. The lowest BCUT2D eigenvalue weighted by Crippen LogP contribution is -2.47. The molecule has 4 heterocycles. The number of benzene rings is 1. The number of hydrogen-bond donors (Lipinski definition) is 0. The summed E-state index contributed by atoms with van der Waals surface area (Å²) >= 11 is 0. The van der Waals surface area contributed by atoms with Crippen molar-refractivity contribution in [3.8, 4) is 0 Å². The molecule has 1 amide bonds. The molecule has 0 bridgehead atoms. The zero-order chi connectivity index (χ0) is 18.3. The van der Waals surface area contributed by atoms with Crippen molar-refractivity contribution >= 4 is 17.5 Å². The van der Waals surface area contributed by atoms with Crippen LogP contribution >= 0.6 is 0 Å². The van der Waals surface area contributed by atoms with Gasteiger partial charge >= 0.3 is 0 Å². The third kappa shape index (κ3) is 2.96. The molecule has 3 aliphatic heterocycles. The van der Waals surface area contributed by atoms with Crippen LogP contribution in [-0.4, -0.2) is 59.4 Å². The van der Waals surface area contributed by atoms with Gasteiger partial charge in [0.15, 0.2) is 5.79 Å². The van der Waals surface area contributed by atoms with Gasteiger partial charge in [-0.1, -0.05) is 18.2 Å². The second kappa shape index (κ2) is 6.58. The number of rotatable bonds is 2. The van der Waals surface area contributed by atoms with Gasteiger partial charge in [-0.05, 0) is 24.1 Å². The first-order chi connectivity index (χ1) is 13.2. The molecule has 0 aliphatic carbocycles. The summed E-state index contributed by atoms with van der Waals surface area (Å²) in [5.74, 6) is 0.0492. The lowest BCUT2D eigenvalue weighted by molar-refractivity contribution is -0.181. The Morgan fingerprint density at radius 3 is 2.63 bits per heavy atom. The third-order valence-electron chi connectivity index (χ3n) is 5.62. The van der Waals surface area contributed by atoms with E-state index in [0.717, 1.165) is 18.7 Å². The summed E-state index contributed by atoms with van der Waals surface area (Å²) in [4.78, 5) is 25.9. The van der Waals surface area contributed by atoms with E-state index >= 15 is 0 Å². The summed E-state index contributed by atoms with van der Waals surface area (Å²) in [5.41, 5.74) is 2.85. The van der Waals surface area contributed by atoms with Crippen molar-refractivity contribution in [3.05, 3.63) is 47.8 Å². The van der Waals surface area contributed by atoms with E-state index < -0.39 is 5.79 Å². The number of piperidine rings is 1. The van der Waals surface area contributed by atoms with E-state index in [1.54, 1.807) is 12.3 Å². The van der Waals surface area contributed by atoms with Crippen LogP contribution in [0.3, 0.4) is 0 Å². The smallest absolute Gasteiger partial charge is 0.272 e. The van der Waals surface area contributed by atoms with Gasteiger partial charge in [0.05, 0.1) is 13.2 Å². The Kier molecular flexibility index (Phi) is 4.06. The monoisotopic (exact) mass is 366 g/mol. The van der Waals surface area contributed by atoms with Crippen molar-refractivity contribution in [1.82, 2.24) is 14.9 Å². The number of para-hydroxylation sites is 1. The van der Waals surface area contributed by atoms with Crippen molar-refractivity contribution in [2.45, 2.75) is 25.0 Å². The molecule has 0 atom stereocenters. The van der Waals surface area contributed by atoms with Crippen molar-refractivity contribution in [1.29, 1.82) is 0 Å². The number of ether oxygens (including phenoxy) is 2. The summed E-state index contributed by atoms with van der Waals surface area (Å²) < 4.78 is 11.5. The standard InChI is InChI=1S/C20H22N4O3/c25-18(23-11-7-20(8-12-23)26-13-14-27-20)16-5-9-21-19(22-16)24-10-6-15-3-1-2-4-17(15)24/h1-5,9H,6-8,10-14H2. The largest absolute Gasteiger partial charge is 0.347 e. The molecule has 3 aliphatic rings. The Hall–Kier alpha value is -2.51. The highest BCUT2D eigenvalue weighted by Gasteiger charge is 2.41. The fraction of sp³-hybridized carbons (Fsp3) is 0.450. The summed E-state index contributed by atoms with van der Waals surface area (Å²) in [7, 11) is 0. The number of anilines is 2. The van der Waals surface area contributed by atoms with Gasteiger partial charge in [-0.3, -0.25) is 4.79 Å². The van der Waals surface area contributed by atoms with Crippen LogP contribution in [0.1, 0.15) is 28.9 Å². The van der Waals surface area contributed by atoms with E-state index in [-0.39, 0.29) is 5.91 Å². The van der Waals surface area contributed by atoms with Gasteiger partial charge in [0, 0.05) is 44.4 Å². The summed E-state index contributed by atoms with van der Waals surface area (Å²) in [5, 5.41) is 0. The number of hydrogen-bond acceptors (Lipinski definition) is 6. The average Bonchev–Trinajstić information content (AvgIpc) is 3.35. The fourth-order valence-electron chi connectivity index (χ4n) is 4.14. The van der Waals surface area contributed by atoms with E-state index in [2.05, 4.69) is 27.0 Å². The Morgan fingerprint density at radius 1 is 1.04 bits per heavy atom. The summed E-state index contributed by atoms with van der Waals surface area (Å²) in [6.07, 6.45) is 4.05. The first-order valence-corrected chi connectivity index (χ1v) is 9.50. The van der Waals surface area contributed by atoms with Crippen molar-refractivity contribution in [2.75, 3.05) is 37.7 Å². The zero-order valence-corrected chi connectivity index (χ0v) is 15.1. The maximum absolute atomic E-state index is 13.0. The molecule has 7 nitrogen and oxygen atoms in total. The molecule has 2 saturated heterocycles. The predicted octanol–water partition coefficient (Wildman–Crippen LogP) is 2.15. The molecule has 0 saturated carbocycles. The number of nitrogens with zero attached hydrogens (tertiary/aromatic N) is 4. The molecule has 2 fully saturated rings. The Bertz CT molecular complexity index is 856. The number of fused-ring (bicyclic) bond motifs is 1. The van der Waals surface area contributed by atoms with Crippen LogP contribution in [0, 0.1) is 0 Å². The second-order valence-corrected chi connectivity index (χ2v) is 7.17. The van der Waals surface area contributed by atoms with Crippen LogP contribution in [0.2, 0.25) is 0 Å². The lowest BCUT2D eigenvalue weighted by Gasteiger charge is -2.37. The number of carbonyl (C=O) groups excluding carboxylic acids is 1. The fourth-order valence-corrected chi connectivity index (χ4v) is 4.14. The number of amides is 1. The first kappa shape index (κ1) is 16.6. The predicted molar refractivity (Wildman–Crippen MR) is 99.0 cm³/mol. The quantitative estimate of drug-likeness (QED) is 0.811. The highest BCUT2D eigenvalue weighted by Crippen LogP contribution is 2.33. The number of likely N-dealkylation sites (tertiary alicyclic amines) is 1. The van der Waals surface area contributed by atoms with E-state index in [1.807, 2.05) is 17.0 Å². The van der Waals surface area contributed by atoms with Crippen LogP contribution in [0.4, 0.5) is 11.6 Å². The van der Waals surface area contributed by atoms with Gasteiger partial charge in [-0.25, -0.2) is 9.97 Å². The van der Waals surface area contributed by atoms with E-state index in [1.165, 1.54) is 5.56 Å². The molecule has 1 spiro atoms. The number of carbonyl (C=O) groups is 1. The highest BCUT2D eigenvalue weighted by molar-refractivity contribution is 5.92. The van der Waals surface area contributed by atoms with Crippen molar-refractivity contribution in [3.63, 3.8) is 0 Å². The van der Waals surface area contributed by atoms with Gasteiger partial charge < -0.3 is 19.3 Å². The van der Waals surface area contributed by atoms with Crippen molar-refractivity contribution in [2.24, 2.45) is 0 Å². The molecule has 2 aromatic rings. The van der Waals surface area contributed by atoms with Crippen LogP contribution in [0.15, 0.2) is 36.5 Å². The molecule has 0 unspecified atom stereocenters. The molecule has 1 aromatic heterocycles. The molecule has 7 heteroatoms. The molecular weight excluding hydrogens is 344 g/mol. The number of aromatic nitrogens is 2. The van der Waals surface area contributed by atoms with Crippen LogP contribution in [0.25, 0.3) is 0 Å². The molecule has 5 rings (SSSR count). The van der Waals surface area contributed by atoms with E-state index in [9.17, 15) is 4.79 Å². The minimum atomic E-state index is -0.479. The van der Waals surface area contributed by atoms with Crippen LogP contribution < -0.4 is 4.90 Å². The Balaban J connectivity index is 1.33. The molecule has 0 radical (unpaired) electrons. The molecule has 27 heavy (non-hydrogen) atoms. The topological polar surface area (TPSA) is 67.8 Å². The normalized spacial score (nSPS) is 20.9. The van der Waals surface area contributed by atoms with Crippen LogP contribution in [0.5, 0.6) is 0 Å².